The van der Waals surface area contributed by atoms with Crippen LogP contribution in [0.5, 0.6) is 0 Å². The Morgan fingerprint density at radius 3 is 2.72 bits per heavy atom. The molecule has 2 rings (SSSR count). The first-order valence-corrected chi connectivity index (χ1v) is 5.37. The average molecular weight is 297 g/mol. The van der Waals surface area contributed by atoms with E-state index in [2.05, 4.69) is 9.97 Å². The smallest absolute Gasteiger partial charge is 0.240 e. The van der Waals surface area contributed by atoms with Gasteiger partial charge in [-0.25, -0.2) is 4.98 Å². The van der Waals surface area contributed by atoms with Gasteiger partial charge < -0.3 is 20.4 Å². The van der Waals surface area contributed by atoms with Crippen molar-refractivity contribution in [3.05, 3.63) is 18.2 Å². The number of hydrogen-bond donors (Lipinski definition) is 2. The number of carbonyl (C=O) groups is 1. The third kappa shape index (κ3) is 4.45. The quantitative estimate of drug-likeness (QED) is 0.821. The van der Waals surface area contributed by atoms with Gasteiger partial charge in [0, 0.05) is 31.4 Å². The number of nitrogens with two attached hydrogens (primary N) is 1. The van der Waals surface area contributed by atoms with Crippen LogP contribution in [0.1, 0.15) is 5.69 Å². The highest BCUT2D eigenvalue weighted by molar-refractivity contribution is 5.85. The molecule has 104 valence electrons. The Balaban J connectivity index is 0.00000144. The van der Waals surface area contributed by atoms with Gasteiger partial charge in [0.2, 0.25) is 5.91 Å². The summed E-state index contributed by atoms with van der Waals surface area (Å²) in [5.41, 5.74) is 6.74. The fourth-order valence-electron chi connectivity index (χ4n) is 1.74. The minimum Gasteiger partial charge on any atom is -0.378 e. The van der Waals surface area contributed by atoms with E-state index in [4.69, 9.17) is 10.5 Å². The Morgan fingerprint density at radius 2 is 2.17 bits per heavy atom. The second-order valence-corrected chi connectivity index (χ2v) is 3.83. The van der Waals surface area contributed by atoms with Gasteiger partial charge in [0.1, 0.15) is 0 Å². The summed E-state index contributed by atoms with van der Waals surface area (Å²) >= 11 is 0. The molecule has 2 heterocycles. The molecule has 1 aliphatic heterocycles. The minimum absolute atomic E-state index is 0. The van der Waals surface area contributed by atoms with E-state index in [1.807, 2.05) is 0 Å². The van der Waals surface area contributed by atoms with E-state index in [9.17, 15) is 4.79 Å². The van der Waals surface area contributed by atoms with E-state index in [1.165, 1.54) is 0 Å². The van der Waals surface area contributed by atoms with E-state index in [-0.39, 0.29) is 30.7 Å². The van der Waals surface area contributed by atoms with Crippen LogP contribution in [0, 0.1) is 0 Å². The number of rotatable bonds is 3. The van der Waals surface area contributed by atoms with E-state index >= 15 is 0 Å². The number of nitrogens with zero attached hydrogens (tertiary/aromatic N) is 2. The zero-order chi connectivity index (χ0) is 11.4. The normalized spacial score (nSPS) is 16.4. The largest absolute Gasteiger partial charge is 0.378 e. The average Bonchev–Trinajstić information content (AvgIpc) is 2.82. The summed E-state index contributed by atoms with van der Waals surface area (Å²) in [4.78, 5) is 20.5. The van der Waals surface area contributed by atoms with Crippen LogP contribution in [0.4, 0.5) is 0 Å². The Morgan fingerprint density at radius 1 is 1.50 bits per heavy atom. The molecule has 18 heavy (non-hydrogen) atoms. The number of hydrogen-bond acceptors (Lipinski definition) is 4. The first-order valence-electron chi connectivity index (χ1n) is 5.37. The third-order valence-electron chi connectivity index (χ3n) is 2.63. The molecule has 0 saturated carbocycles. The fraction of sp³-hybridized carbons (Fsp3) is 0.600. The van der Waals surface area contributed by atoms with Gasteiger partial charge >= 0.3 is 0 Å². The van der Waals surface area contributed by atoms with Crippen LogP contribution in [0.15, 0.2) is 12.5 Å². The molecule has 3 N–H and O–H groups in total. The number of nitrogens with one attached hydrogen (secondary N) is 1. The van der Waals surface area contributed by atoms with Crippen LogP contribution in [-0.2, 0) is 16.0 Å². The summed E-state index contributed by atoms with van der Waals surface area (Å²) in [5.74, 6) is -0.0158. The van der Waals surface area contributed by atoms with Crippen molar-refractivity contribution in [1.29, 1.82) is 0 Å². The molecule has 1 fully saturated rings. The zero-order valence-electron chi connectivity index (χ0n) is 9.87. The number of H-pyrrole nitrogens is 1. The summed E-state index contributed by atoms with van der Waals surface area (Å²) < 4.78 is 5.18. The van der Waals surface area contributed by atoms with Crippen molar-refractivity contribution in [3.8, 4) is 0 Å². The second-order valence-electron chi connectivity index (χ2n) is 3.83. The van der Waals surface area contributed by atoms with E-state index in [0.717, 1.165) is 5.69 Å². The summed E-state index contributed by atoms with van der Waals surface area (Å²) in [6, 6.07) is -0.501. The first-order chi connectivity index (χ1) is 7.77. The maximum atomic E-state index is 11.9. The Labute approximate surface area is 118 Å². The molecule has 0 radical (unpaired) electrons. The molecule has 1 atom stereocenters. The number of morpholine rings is 1. The van der Waals surface area contributed by atoms with E-state index in [1.54, 1.807) is 17.4 Å². The molecular weight excluding hydrogens is 279 g/mol. The Hall–Kier alpha value is -0.820. The molecule has 1 aliphatic rings. The monoisotopic (exact) mass is 296 g/mol. The van der Waals surface area contributed by atoms with Gasteiger partial charge in [0.15, 0.2) is 0 Å². The van der Waals surface area contributed by atoms with Crippen molar-refractivity contribution in [1.82, 2.24) is 14.9 Å². The molecule has 1 aromatic heterocycles. The molecule has 0 unspecified atom stereocenters. The lowest BCUT2D eigenvalue weighted by molar-refractivity contribution is -0.136. The molecule has 6 nitrogen and oxygen atoms in total. The highest BCUT2D eigenvalue weighted by atomic mass is 35.5. The predicted octanol–water partition coefficient (Wildman–Crippen LogP) is -0.0181. The van der Waals surface area contributed by atoms with Gasteiger partial charge in [0.05, 0.1) is 25.6 Å². The standard InChI is InChI=1S/C10H16N4O2.2ClH/c11-9(5-8-6-12-7-13-8)10(15)14-1-3-16-4-2-14;;/h6-7,9H,1-5,11H2,(H,12,13);2*1H/t9-;;/m0../s1. The van der Waals surface area contributed by atoms with Crippen LogP contribution in [0.25, 0.3) is 0 Å². The SMILES string of the molecule is Cl.Cl.N[C@@H](Cc1cnc[nH]1)C(=O)N1CCOCC1. The molecule has 1 aromatic rings. The third-order valence-corrected chi connectivity index (χ3v) is 2.63. The number of aromatic amines is 1. The number of aromatic nitrogens is 2. The predicted molar refractivity (Wildman–Crippen MR) is 72.2 cm³/mol. The van der Waals surface area contributed by atoms with E-state index in [0.29, 0.717) is 32.7 Å². The topological polar surface area (TPSA) is 84.2 Å². The number of ether oxygens (including phenoxy) is 1. The Kier molecular flexibility index (Phi) is 7.93. The fourth-order valence-corrected chi connectivity index (χ4v) is 1.74. The number of halogens is 2. The summed E-state index contributed by atoms with van der Waals surface area (Å²) in [6.07, 6.45) is 3.77. The van der Waals surface area contributed by atoms with Gasteiger partial charge in [-0.15, -0.1) is 24.8 Å². The van der Waals surface area contributed by atoms with Crippen LogP contribution >= 0.6 is 24.8 Å². The highest BCUT2D eigenvalue weighted by Crippen LogP contribution is 2.03. The van der Waals surface area contributed by atoms with Gasteiger partial charge in [-0.05, 0) is 0 Å². The molecule has 1 saturated heterocycles. The van der Waals surface area contributed by atoms with E-state index < -0.39 is 6.04 Å². The Bertz CT molecular complexity index is 342. The zero-order valence-corrected chi connectivity index (χ0v) is 11.5. The van der Waals surface area contributed by atoms with Gasteiger partial charge in [0.25, 0.3) is 0 Å². The van der Waals surface area contributed by atoms with Crippen LogP contribution in [-0.4, -0.2) is 53.1 Å². The molecule has 1 amide bonds. The molecule has 0 spiro atoms. The van der Waals surface area contributed by atoms with Crippen molar-refractivity contribution in [3.63, 3.8) is 0 Å². The molecule has 0 aromatic carbocycles. The molecule has 0 aliphatic carbocycles. The lowest BCUT2D eigenvalue weighted by Crippen LogP contribution is -2.49. The van der Waals surface area contributed by atoms with Crippen molar-refractivity contribution >= 4 is 30.7 Å². The second kappa shape index (κ2) is 8.31. The van der Waals surface area contributed by atoms with Crippen molar-refractivity contribution in [2.24, 2.45) is 5.73 Å². The van der Waals surface area contributed by atoms with Crippen molar-refractivity contribution < 1.29 is 9.53 Å². The van der Waals surface area contributed by atoms with Crippen LogP contribution in [0.2, 0.25) is 0 Å². The molecular formula is C10H18Cl2N4O2. The van der Waals surface area contributed by atoms with Crippen LogP contribution in [0.3, 0.4) is 0 Å². The van der Waals surface area contributed by atoms with Crippen LogP contribution < -0.4 is 5.73 Å². The summed E-state index contributed by atoms with van der Waals surface area (Å²) in [6.45, 7) is 2.47. The summed E-state index contributed by atoms with van der Waals surface area (Å²) in [5, 5.41) is 0. The van der Waals surface area contributed by atoms with Gasteiger partial charge in [-0.3, -0.25) is 4.79 Å². The van der Waals surface area contributed by atoms with Gasteiger partial charge in [-0.1, -0.05) is 0 Å². The number of carbonyl (C=O) groups excluding carboxylic acids is 1. The molecule has 0 bridgehead atoms. The number of imidazole rings is 1. The minimum atomic E-state index is -0.501. The summed E-state index contributed by atoms with van der Waals surface area (Å²) in [7, 11) is 0. The lowest BCUT2D eigenvalue weighted by Gasteiger charge is -2.29. The maximum absolute atomic E-state index is 11.9. The number of amides is 1. The highest BCUT2D eigenvalue weighted by Gasteiger charge is 2.23. The lowest BCUT2D eigenvalue weighted by atomic mass is 10.1. The first kappa shape index (κ1) is 17.2. The van der Waals surface area contributed by atoms with Crippen molar-refractivity contribution in [2.45, 2.75) is 12.5 Å². The maximum Gasteiger partial charge on any atom is 0.240 e. The van der Waals surface area contributed by atoms with Crippen molar-refractivity contribution in [2.75, 3.05) is 26.3 Å². The van der Waals surface area contributed by atoms with Gasteiger partial charge in [-0.2, -0.15) is 0 Å². The molecule has 8 heteroatoms.